The van der Waals surface area contributed by atoms with Crippen molar-refractivity contribution in [2.75, 3.05) is 7.11 Å². The number of rotatable bonds is 3. The van der Waals surface area contributed by atoms with Crippen molar-refractivity contribution in [1.82, 2.24) is 9.55 Å². The van der Waals surface area contributed by atoms with E-state index in [2.05, 4.69) is 4.98 Å². The van der Waals surface area contributed by atoms with Gasteiger partial charge in [0.2, 0.25) is 0 Å². The van der Waals surface area contributed by atoms with Gasteiger partial charge in [0.05, 0.1) is 18.0 Å². The van der Waals surface area contributed by atoms with Gasteiger partial charge in [-0.05, 0) is 29.8 Å². The van der Waals surface area contributed by atoms with E-state index in [9.17, 15) is 9.59 Å². The molecule has 118 valence electrons. The van der Waals surface area contributed by atoms with Gasteiger partial charge in [-0.15, -0.1) is 0 Å². The maximum Gasteiger partial charge on any atom is 0.318 e. The van der Waals surface area contributed by atoms with E-state index in [0.717, 1.165) is 10.8 Å². The third kappa shape index (κ3) is 2.82. The molecule has 0 unspecified atom stereocenters. The number of hydrogen-bond acceptors (Lipinski definition) is 5. The predicted octanol–water partition coefficient (Wildman–Crippen LogP) is 2.74. The van der Waals surface area contributed by atoms with E-state index in [1.807, 2.05) is 36.4 Å². The van der Waals surface area contributed by atoms with Crippen molar-refractivity contribution in [3.8, 4) is 0 Å². The van der Waals surface area contributed by atoms with Crippen LogP contribution in [0.1, 0.15) is 6.92 Å². The Kier molecular flexibility index (Phi) is 4.09. The first kappa shape index (κ1) is 15.6. The molecule has 0 fully saturated rings. The van der Waals surface area contributed by atoms with Crippen LogP contribution < -0.4 is 5.56 Å². The quantitative estimate of drug-likeness (QED) is 0.320. The highest BCUT2D eigenvalue weighted by atomic mass is 32.2. The Bertz CT molecular complexity index is 965. The zero-order valence-electron chi connectivity index (χ0n) is 13.1. The molecule has 0 aliphatic rings. The average Bonchev–Trinajstić information content (AvgIpc) is 2.57. The maximum atomic E-state index is 12.6. The molecule has 3 rings (SSSR count). The molecule has 23 heavy (non-hydrogen) atoms. The summed E-state index contributed by atoms with van der Waals surface area (Å²) < 4.78 is 6.20. The normalized spacial score (nSPS) is 12.5. The lowest BCUT2D eigenvalue weighted by atomic mass is 10.1. The van der Waals surface area contributed by atoms with Gasteiger partial charge in [0.1, 0.15) is 5.25 Å². The zero-order valence-corrected chi connectivity index (χ0v) is 13.9. The van der Waals surface area contributed by atoms with Gasteiger partial charge in [-0.25, -0.2) is 4.98 Å². The van der Waals surface area contributed by atoms with Crippen LogP contribution in [0.25, 0.3) is 21.7 Å². The third-order valence-electron chi connectivity index (χ3n) is 3.72. The van der Waals surface area contributed by atoms with Crippen LogP contribution in [0.4, 0.5) is 0 Å². The Hall–Kier alpha value is -2.34. The molecule has 3 aromatic rings. The molecule has 0 amide bonds. The highest BCUT2D eigenvalue weighted by molar-refractivity contribution is 8.00. The molecular formula is C17H16N2O3S. The summed E-state index contributed by atoms with van der Waals surface area (Å²) in [7, 11) is 3.01. The van der Waals surface area contributed by atoms with Crippen molar-refractivity contribution in [2.45, 2.75) is 17.3 Å². The summed E-state index contributed by atoms with van der Waals surface area (Å²) in [6, 6.07) is 11.6. The summed E-state index contributed by atoms with van der Waals surface area (Å²) in [5, 5.41) is 2.66. The van der Waals surface area contributed by atoms with Gasteiger partial charge in [-0.3, -0.25) is 14.2 Å². The summed E-state index contributed by atoms with van der Waals surface area (Å²) in [6.07, 6.45) is 0. The van der Waals surface area contributed by atoms with E-state index in [-0.39, 0.29) is 11.5 Å². The fraction of sp³-hybridized carbons (Fsp3) is 0.235. The Morgan fingerprint density at radius 3 is 2.57 bits per heavy atom. The van der Waals surface area contributed by atoms with E-state index in [4.69, 9.17) is 4.74 Å². The number of methoxy groups -OCH3 is 1. The summed E-state index contributed by atoms with van der Waals surface area (Å²) >= 11 is 1.21. The average molecular weight is 328 g/mol. The third-order valence-corrected chi connectivity index (χ3v) is 4.84. The number of hydrogen-bond donors (Lipinski definition) is 0. The van der Waals surface area contributed by atoms with Crippen LogP contribution >= 0.6 is 11.8 Å². The fourth-order valence-corrected chi connectivity index (χ4v) is 3.32. The van der Waals surface area contributed by atoms with Gasteiger partial charge in [0.15, 0.2) is 5.16 Å². The van der Waals surface area contributed by atoms with Gasteiger partial charge < -0.3 is 4.74 Å². The van der Waals surface area contributed by atoms with E-state index in [1.54, 1.807) is 14.0 Å². The first-order chi connectivity index (χ1) is 11.0. The lowest BCUT2D eigenvalue weighted by molar-refractivity contribution is -0.139. The minimum atomic E-state index is -0.434. The van der Waals surface area contributed by atoms with Crippen molar-refractivity contribution < 1.29 is 9.53 Å². The first-order valence-corrected chi connectivity index (χ1v) is 8.03. The van der Waals surface area contributed by atoms with Gasteiger partial charge >= 0.3 is 5.97 Å². The Morgan fingerprint density at radius 1 is 1.26 bits per heavy atom. The van der Waals surface area contributed by atoms with Crippen LogP contribution in [0.2, 0.25) is 0 Å². The van der Waals surface area contributed by atoms with E-state index < -0.39 is 5.25 Å². The Balaban J connectivity index is 2.17. The molecule has 1 atom stereocenters. The molecule has 2 aromatic carbocycles. The van der Waals surface area contributed by atoms with Crippen molar-refractivity contribution in [3.63, 3.8) is 0 Å². The molecule has 6 heteroatoms. The molecule has 1 aromatic heterocycles. The maximum absolute atomic E-state index is 12.6. The monoisotopic (exact) mass is 328 g/mol. The summed E-state index contributed by atoms with van der Waals surface area (Å²) in [4.78, 5) is 28.8. The lowest BCUT2D eigenvalue weighted by Crippen LogP contribution is -2.22. The molecule has 0 saturated heterocycles. The second-order valence-corrected chi connectivity index (χ2v) is 6.57. The number of nitrogens with zero attached hydrogens (tertiary/aromatic N) is 2. The van der Waals surface area contributed by atoms with Crippen LogP contribution in [-0.4, -0.2) is 27.9 Å². The van der Waals surface area contributed by atoms with Crippen molar-refractivity contribution in [2.24, 2.45) is 7.05 Å². The fourth-order valence-electron chi connectivity index (χ4n) is 2.42. The van der Waals surface area contributed by atoms with Crippen molar-refractivity contribution in [3.05, 3.63) is 46.8 Å². The molecule has 1 heterocycles. The summed E-state index contributed by atoms with van der Waals surface area (Å²) in [6.45, 7) is 1.73. The number of carbonyl (C=O) groups is 1. The largest absolute Gasteiger partial charge is 0.468 e. The minimum absolute atomic E-state index is 0.125. The number of esters is 1. The Morgan fingerprint density at radius 2 is 1.91 bits per heavy atom. The van der Waals surface area contributed by atoms with Crippen LogP contribution in [0.3, 0.4) is 0 Å². The lowest BCUT2D eigenvalue weighted by Gasteiger charge is -2.12. The predicted molar refractivity (Wildman–Crippen MR) is 91.8 cm³/mol. The standard InChI is InChI=1S/C17H16N2O3S/c1-10(16(21)22-3)23-17-18-14-9-12-7-5-4-6-11(12)8-13(14)15(20)19(17)2/h4-10H,1-3H3/t10-/m0/s1. The highest BCUT2D eigenvalue weighted by Gasteiger charge is 2.18. The second-order valence-electron chi connectivity index (χ2n) is 5.26. The van der Waals surface area contributed by atoms with Crippen LogP contribution in [0.5, 0.6) is 0 Å². The molecule has 0 saturated carbocycles. The number of benzene rings is 2. The number of fused-ring (bicyclic) bond motifs is 2. The minimum Gasteiger partial charge on any atom is -0.468 e. The second kappa shape index (κ2) is 6.04. The number of aromatic nitrogens is 2. The summed E-state index contributed by atoms with van der Waals surface area (Å²) in [5.41, 5.74) is 0.506. The number of carbonyl (C=O) groups excluding carboxylic acids is 1. The van der Waals surface area contributed by atoms with Gasteiger partial charge in [-0.2, -0.15) is 0 Å². The van der Waals surface area contributed by atoms with Crippen molar-refractivity contribution in [1.29, 1.82) is 0 Å². The van der Waals surface area contributed by atoms with Gasteiger partial charge in [-0.1, -0.05) is 36.0 Å². The van der Waals surface area contributed by atoms with E-state index in [0.29, 0.717) is 16.1 Å². The number of ether oxygens (including phenoxy) is 1. The Labute approximate surface area is 137 Å². The molecule has 0 spiro atoms. The van der Waals surface area contributed by atoms with E-state index in [1.165, 1.54) is 23.4 Å². The van der Waals surface area contributed by atoms with E-state index >= 15 is 0 Å². The molecular weight excluding hydrogens is 312 g/mol. The molecule has 0 aliphatic heterocycles. The smallest absolute Gasteiger partial charge is 0.318 e. The van der Waals surface area contributed by atoms with Crippen molar-refractivity contribution >= 4 is 39.4 Å². The zero-order chi connectivity index (χ0) is 16.6. The first-order valence-electron chi connectivity index (χ1n) is 7.15. The van der Waals surface area contributed by atoms with Crippen LogP contribution in [0.15, 0.2) is 46.3 Å². The van der Waals surface area contributed by atoms with Gasteiger partial charge in [0.25, 0.3) is 5.56 Å². The molecule has 0 N–H and O–H groups in total. The molecule has 0 bridgehead atoms. The number of thioether (sulfide) groups is 1. The topological polar surface area (TPSA) is 61.2 Å². The highest BCUT2D eigenvalue weighted by Crippen LogP contribution is 2.24. The van der Waals surface area contributed by atoms with Crippen LogP contribution in [0, 0.1) is 0 Å². The SMILES string of the molecule is COC(=O)[C@H](C)Sc1nc2cc3ccccc3cc2c(=O)n1C. The molecule has 0 radical (unpaired) electrons. The summed E-state index contributed by atoms with van der Waals surface area (Å²) in [5.74, 6) is -0.345. The molecule has 5 nitrogen and oxygen atoms in total. The van der Waals surface area contributed by atoms with Gasteiger partial charge in [0, 0.05) is 7.05 Å². The molecule has 0 aliphatic carbocycles. The van der Waals surface area contributed by atoms with Crippen LogP contribution in [-0.2, 0) is 16.6 Å².